The van der Waals surface area contributed by atoms with Gasteiger partial charge in [0.15, 0.2) is 5.82 Å². The summed E-state index contributed by atoms with van der Waals surface area (Å²) < 4.78 is 66.7. The number of fused-ring (bicyclic) bond motifs is 3. The van der Waals surface area contributed by atoms with Crippen molar-refractivity contribution in [3.05, 3.63) is 59.8 Å². The molecule has 168 valence electrons. The van der Waals surface area contributed by atoms with Gasteiger partial charge in [0.25, 0.3) is 0 Å². The monoisotopic (exact) mass is 464 g/mol. The fourth-order valence-corrected chi connectivity index (χ4v) is 4.06. The topological polar surface area (TPSA) is 100 Å². The molecule has 2 aromatic heterocycles. The fourth-order valence-electron chi connectivity index (χ4n) is 3.61. The summed E-state index contributed by atoms with van der Waals surface area (Å²) in [5.41, 5.74) is 3.29. The molecular formula is C21H19F3N4O3S. The summed E-state index contributed by atoms with van der Waals surface area (Å²) in [6.45, 7) is 2.53. The number of nitrogens with two attached hydrogens (primary N) is 1. The summed E-state index contributed by atoms with van der Waals surface area (Å²) in [5.74, 6) is -0.411. The number of benzene rings is 2. The van der Waals surface area contributed by atoms with Gasteiger partial charge in [-0.2, -0.15) is 26.7 Å². The summed E-state index contributed by atoms with van der Waals surface area (Å²) in [5, 5.41) is 5.88. The van der Waals surface area contributed by atoms with Crippen molar-refractivity contribution in [2.75, 3.05) is 5.73 Å². The summed E-state index contributed by atoms with van der Waals surface area (Å²) >= 11 is 0. The molecule has 0 bridgehead atoms. The third kappa shape index (κ3) is 3.95. The maximum Gasteiger partial charge on any atom is 0.534 e. The molecule has 11 heteroatoms. The second kappa shape index (κ2) is 7.97. The molecule has 0 aliphatic heterocycles. The lowest BCUT2D eigenvalue weighted by Crippen LogP contribution is -2.28. The number of rotatable bonds is 6. The molecule has 0 atom stereocenters. The van der Waals surface area contributed by atoms with Gasteiger partial charge >= 0.3 is 15.6 Å². The maximum absolute atomic E-state index is 12.7. The van der Waals surface area contributed by atoms with E-state index in [-0.39, 0.29) is 11.3 Å². The van der Waals surface area contributed by atoms with Gasteiger partial charge in [0, 0.05) is 29.1 Å². The zero-order valence-electron chi connectivity index (χ0n) is 16.9. The first-order valence-electron chi connectivity index (χ1n) is 9.74. The molecule has 2 N–H and O–H groups in total. The number of hydrogen-bond acceptors (Lipinski definition) is 6. The lowest BCUT2D eigenvalue weighted by molar-refractivity contribution is -0.0500. The zero-order valence-corrected chi connectivity index (χ0v) is 17.7. The summed E-state index contributed by atoms with van der Waals surface area (Å²) in [6.07, 6.45) is 1.39. The van der Waals surface area contributed by atoms with E-state index in [0.29, 0.717) is 23.9 Å². The SMILES string of the molecule is CCn1nc2c(N)nc3cc(OS(=O)(=O)C(F)(F)F)ccc3c2c1CCc1ccccc1. The second-order valence-electron chi connectivity index (χ2n) is 7.13. The minimum Gasteiger partial charge on any atom is -0.382 e. The van der Waals surface area contributed by atoms with Crippen molar-refractivity contribution in [2.24, 2.45) is 0 Å². The van der Waals surface area contributed by atoms with E-state index in [1.807, 2.05) is 41.9 Å². The van der Waals surface area contributed by atoms with Gasteiger partial charge < -0.3 is 9.92 Å². The van der Waals surface area contributed by atoms with Crippen LogP contribution in [0.25, 0.3) is 21.8 Å². The van der Waals surface area contributed by atoms with Gasteiger partial charge in [-0.3, -0.25) is 4.68 Å². The lowest BCUT2D eigenvalue weighted by Gasteiger charge is -2.11. The minimum absolute atomic E-state index is 0.0940. The number of pyridine rings is 1. The Morgan fingerprint density at radius 3 is 2.47 bits per heavy atom. The first-order chi connectivity index (χ1) is 15.1. The number of aromatic nitrogens is 3. The largest absolute Gasteiger partial charge is 0.534 e. The predicted octanol–water partition coefficient (Wildman–Crippen LogP) is 4.20. The molecule has 0 saturated heterocycles. The highest BCUT2D eigenvalue weighted by Crippen LogP contribution is 2.34. The van der Waals surface area contributed by atoms with Crippen LogP contribution < -0.4 is 9.92 Å². The second-order valence-corrected chi connectivity index (χ2v) is 8.67. The number of aryl methyl sites for hydroxylation is 3. The number of anilines is 1. The van der Waals surface area contributed by atoms with Crippen LogP contribution in [-0.4, -0.2) is 28.7 Å². The highest BCUT2D eigenvalue weighted by molar-refractivity contribution is 7.88. The van der Waals surface area contributed by atoms with Crippen LogP contribution in [-0.2, 0) is 29.5 Å². The third-order valence-corrected chi connectivity index (χ3v) is 6.04. The number of nitrogen functional groups attached to an aromatic ring is 1. The van der Waals surface area contributed by atoms with Crippen LogP contribution in [0.2, 0.25) is 0 Å². The first-order valence-corrected chi connectivity index (χ1v) is 11.1. The van der Waals surface area contributed by atoms with Crippen molar-refractivity contribution in [2.45, 2.75) is 31.8 Å². The van der Waals surface area contributed by atoms with Gasteiger partial charge in [-0.1, -0.05) is 30.3 Å². The van der Waals surface area contributed by atoms with Crippen LogP contribution >= 0.6 is 0 Å². The van der Waals surface area contributed by atoms with Crippen LogP contribution in [0, 0.1) is 0 Å². The summed E-state index contributed by atoms with van der Waals surface area (Å²) in [6, 6.07) is 13.6. The Kier molecular flexibility index (Phi) is 5.45. The molecule has 0 fully saturated rings. The van der Waals surface area contributed by atoms with E-state index in [9.17, 15) is 21.6 Å². The average Bonchev–Trinajstić information content (AvgIpc) is 3.11. The minimum atomic E-state index is -5.79. The summed E-state index contributed by atoms with van der Waals surface area (Å²) in [4.78, 5) is 4.21. The van der Waals surface area contributed by atoms with Crippen LogP contribution in [0.5, 0.6) is 5.75 Å². The van der Waals surface area contributed by atoms with E-state index in [4.69, 9.17) is 5.73 Å². The van der Waals surface area contributed by atoms with E-state index in [1.165, 1.54) is 6.07 Å². The quantitative estimate of drug-likeness (QED) is 0.339. The number of alkyl halides is 3. The molecule has 4 aromatic rings. The van der Waals surface area contributed by atoms with Gasteiger partial charge in [-0.25, -0.2) is 4.98 Å². The Bertz CT molecular complexity index is 1400. The van der Waals surface area contributed by atoms with E-state index in [1.54, 1.807) is 0 Å². The van der Waals surface area contributed by atoms with E-state index in [0.717, 1.165) is 35.2 Å². The molecule has 0 amide bonds. The summed E-state index contributed by atoms with van der Waals surface area (Å²) in [7, 11) is -5.79. The lowest BCUT2D eigenvalue weighted by atomic mass is 10.0. The Balaban J connectivity index is 1.82. The van der Waals surface area contributed by atoms with Crippen molar-refractivity contribution < 1.29 is 25.8 Å². The Morgan fingerprint density at radius 1 is 1.09 bits per heavy atom. The molecule has 0 aliphatic rings. The number of nitrogens with zero attached hydrogens (tertiary/aromatic N) is 3. The van der Waals surface area contributed by atoms with Crippen LogP contribution in [0.3, 0.4) is 0 Å². The molecule has 7 nitrogen and oxygen atoms in total. The van der Waals surface area contributed by atoms with Gasteiger partial charge in [0.05, 0.1) is 5.52 Å². The molecule has 0 spiro atoms. The van der Waals surface area contributed by atoms with E-state index < -0.39 is 21.4 Å². The van der Waals surface area contributed by atoms with Crippen molar-refractivity contribution in [1.82, 2.24) is 14.8 Å². The number of halogens is 3. The van der Waals surface area contributed by atoms with Gasteiger partial charge in [0.2, 0.25) is 0 Å². The average molecular weight is 464 g/mol. The van der Waals surface area contributed by atoms with Crippen molar-refractivity contribution in [3.63, 3.8) is 0 Å². The molecule has 4 rings (SSSR count). The Hall–Kier alpha value is -3.34. The first kappa shape index (κ1) is 21.9. The fraction of sp³-hybridized carbons (Fsp3) is 0.238. The Labute approximate surface area is 181 Å². The molecule has 32 heavy (non-hydrogen) atoms. The molecule has 0 radical (unpaired) electrons. The normalized spacial score (nSPS) is 12.5. The number of hydrogen-bond donors (Lipinski definition) is 1. The Morgan fingerprint density at radius 2 is 1.81 bits per heavy atom. The van der Waals surface area contributed by atoms with Crippen molar-refractivity contribution >= 4 is 37.7 Å². The highest BCUT2D eigenvalue weighted by atomic mass is 32.2. The molecule has 2 aromatic carbocycles. The van der Waals surface area contributed by atoms with Crippen molar-refractivity contribution in [1.29, 1.82) is 0 Å². The van der Waals surface area contributed by atoms with E-state index in [2.05, 4.69) is 14.3 Å². The zero-order chi connectivity index (χ0) is 23.1. The van der Waals surface area contributed by atoms with Crippen LogP contribution in [0.4, 0.5) is 19.0 Å². The molecule has 2 heterocycles. The molecule has 0 aliphatic carbocycles. The van der Waals surface area contributed by atoms with Gasteiger partial charge in [-0.05, 0) is 37.5 Å². The molecular weight excluding hydrogens is 445 g/mol. The van der Waals surface area contributed by atoms with Gasteiger partial charge in [0.1, 0.15) is 11.3 Å². The molecule has 0 unspecified atom stereocenters. The van der Waals surface area contributed by atoms with Crippen LogP contribution in [0.1, 0.15) is 18.2 Å². The third-order valence-electron chi connectivity index (χ3n) is 5.06. The standard InChI is InChI=1S/C21H19F3N4O3S/c1-2-28-17(11-8-13-6-4-3-5-7-13)18-15-10-9-14(31-32(29,30)21(22,23)24)12-16(15)26-20(25)19(18)27-28/h3-7,9-10,12H,2,8,11H2,1H3,(H2,25,26). The molecule has 0 saturated carbocycles. The smallest absolute Gasteiger partial charge is 0.382 e. The van der Waals surface area contributed by atoms with Gasteiger partial charge in [-0.15, -0.1) is 0 Å². The predicted molar refractivity (Wildman–Crippen MR) is 115 cm³/mol. The maximum atomic E-state index is 12.7. The van der Waals surface area contributed by atoms with Crippen LogP contribution in [0.15, 0.2) is 48.5 Å². The van der Waals surface area contributed by atoms with E-state index >= 15 is 0 Å². The van der Waals surface area contributed by atoms with Crippen molar-refractivity contribution in [3.8, 4) is 5.75 Å². The highest BCUT2D eigenvalue weighted by Gasteiger charge is 2.48.